The summed E-state index contributed by atoms with van der Waals surface area (Å²) in [5.74, 6) is 0.0803. The zero-order valence-corrected chi connectivity index (χ0v) is 15.1. The molecule has 0 aliphatic heterocycles. The van der Waals surface area contributed by atoms with Crippen molar-refractivity contribution in [3.63, 3.8) is 0 Å². The van der Waals surface area contributed by atoms with E-state index in [4.69, 9.17) is 9.15 Å². The molecule has 3 aromatic rings. The summed E-state index contributed by atoms with van der Waals surface area (Å²) in [6, 6.07) is 11.3. The molecular weight excluding hydrogens is 349 g/mol. The van der Waals surface area contributed by atoms with Gasteiger partial charge in [-0.1, -0.05) is 6.07 Å². The van der Waals surface area contributed by atoms with Crippen LogP contribution in [0.3, 0.4) is 0 Å². The molecule has 7 heteroatoms. The van der Waals surface area contributed by atoms with Crippen LogP contribution in [0.5, 0.6) is 5.75 Å². The number of benzene rings is 1. The third-order valence-corrected chi connectivity index (χ3v) is 3.80. The van der Waals surface area contributed by atoms with E-state index in [1.807, 2.05) is 32.0 Å². The van der Waals surface area contributed by atoms with Gasteiger partial charge in [0.2, 0.25) is 5.89 Å². The minimum absolute atomic E-state index is 0.0433. The topological polar surface area (TPSA) is 77.2 Å². The average molecular weight is 369 g/mol. The van der Waals surface area contributed by atoms with Gasteiger partial charge in [-0.15, -0.1) is 0 Å². The van der Waals surface area contributed by atoms with Crippen LogP contribution >= 0.6 is 0 Å². The summed E-state index contributed by atoms with van der Waals surface area (Å²) < 4.78 is 23.6. The number of oxazole rings is 1. The highest BCUT2D eigenvalue weighted by molar-refractivity contribution is 5.92. The van der Waals surface area contributed by atoms with Crippen LogP contribution in [0, 0.1) is 12.7 Å². The smallest absolute Gasteiger partial charge is 0.273 e. The average Bonchev–Trinajstić information content (AvgIpc) is 3.10. The van der Waals surface area contributed by atoms with Gasteiger partial charge in [0, 0.05) is 23.9 Å². The van der Waals surface area contributed by atoms with E-state index in [2.05, 4.69) is 15.3 Å². The van der Waals surface area contributed by atoms with Crippen LogP contribution in [0.1, 0.15) is 34.7 Å². The van der Waals surface area contributed by atoms with Crippen molar-refractivity contribution < 1.29 is 18.3 Å². The summed E-state index contributed by atoms with van der Waals surface area (Å²) in [4.78, 5) is 20.9. The molecule has 2 heterocycles. The maximum atomic E-state index is 12.9. The normalized spacial score (nSPS) is 11.8. The van der Waals surface area contributed by atoms with Crippen molar-refractivity contribution in [2.75, 3.05) is 0 Å². The molecular formula is C20H20FN3O3. The van der Waals surface area contributed by atoms with Gasteiger partial charge >= 0.3 is 0 Å². The summed E-state index contributed by atoms with van der Waals surface area (Å²) in [5.41, 5.74) is 2.03. The molecule has 1 aromatic carbocycles. The number of aryl methyl sites for hydroxylation is 1. The largest absolute Gasteiger partial charge is 0.484 e. The van der Waals surface area contributed by atoms with Gasteiger partial charge < -0.3 is 14.5 Å². The van der Waals surface area contributed by atoms with Gasteiger partial charge in [0.05, 0.1) is 0 Å². The maximum absolute atomic E-state index is 12.9. The van der Waals surface area contributed by atoms with Crippen LogP contribution in [0.4, 0.5) is 4.39 Å². The Morgan fingerprint density at radius 1 is 1.22 bits per heavy atom. The molecule has 0 radical (unpaired) electrons. The molecule has 6 nitrogen and oxygen atoms in total. The lowest BCUT2D eigenvalue weighted by atomic mass is 10.1. The molecule has 0 spiro atoms. The van der Waals surface area contributed by atoms with Crippen molar-refractivity contribution in [3.8, 4) is 5.75 Å². The Bertz CT molecular complexity index is 909. The van der Waals surface area contributed by atoms with Crippen LogP contribution in [-0.2, 0) is 13.0 Å². The van der Waals surface area contributed by atoms with Crippen molar-refractivity contribution in [1.82, 2.24) is 15.3 Å². The molecule has 27 heavy (non-hydrogen) atoms. The second-order valence-corrected chi connectivity index (χ2v) is 6.22. The van der Waals surface area contributed by atoms with Gasteiger partial charge in [-0.3, -0.25) is 9.78 Å². The predicted molar refractivity (Wildman–Crippen MR) is 96.8 cm³/mol. The molecule has 1 unspecified atom stereocenters. The second-order valence-electron chi connectivity index (χ2n) is 6.22. The molecule has 140 valence electrons. The van der Waals surface area contributed by atoms with Gasteiger partial charge in [0.25, 0.3) is 5.91 Å². The number of nitrogens with one attached hydrogen (secondary N) is 1. The fourth-order valence-electron chi connectivity index (χ4n) is 2.53. The van der Waals surface area contributed by atoms with Gasteiger partial charge in [-0.25, -0.2) is 9.37 Å². The van der Waals surface area contributed by atoms with Gasteiger partial charge in [-0.05, 0) is 50.2 Å². The molecule has 1 amide bonds. The first-order valence-electron chi connectivity index (χ1n) is 8.56. The number of rotatable bonds is 7. The molecule has 0 saturated carbocycles. The molecule has 0 fully saturated rings. The van der Waals surface area contributed by atoms with Gasteiger partial charge in [-0.2, -0.15) is 0 Å². The lowest BCUT2D eigenvalue weighted by Crippen LogP contribution is -2.34. The molecule has 0 saturated heterocycles. The van der Waals surface area contributed by atoms with Crippen LogP contribution in [0.25, 0.3) is 0 Å². The molecule has 1 N–H and O–H groups in total. The van der Waals surface area contributed by atoms with Gasteiger partial charge in [0.1, 0.15) is 17.8 Å². The van der Waals surface area contributed by atoms with E-state index in [9.17, 15) is 9.18 Å². The van der Waals surface area contributed by atoms with Crippen molar-refractivity contribution in [1.29, 1.82) is 0 Å². The number of pyridine rings is 1. The lowest BCUT2D eigenvalue weighted by molar-refractivity contribution is 0.0935. The number of halogens is 1. The first kappa shape index (κ1) is 18.6. The Hall–Kier alpha value is -3.22. The number of nitrogens with zero attached hydrogens (tertiary/aromatic N) is 2. The van der Waals surface area contributed by atoms with Crippen LogP contribution in [0.2, 0.25) is 0 Å². The molecule has 2 aromatic heterocycles. The number of aromatic nitrogens is 2. The minimum Gasteiger partial charge on any atom is -0.484 e. The standard InChI is InChI=1S/C20H20FN3O3/c1-13-4-3-5-16(22-13)10-14(2)23-20(25)18-11-27-19(24-18)12-26-17-8-6-15(21)7-9-17/h3-9,11,14H,10,12H2,1-2H3,(H,23,25). The summed E-state index contributed by atoms with van der Waals surface area (Å²) >= 11 is 0. The fraction of sp³-hybridized carbons (Fsp3) is 0.250. The highest BCUT2D eigenvalue weighted by Crippen LogP contribution is 2.13. The van der Waals surface area contributed by atoms with Crippen LogP contribution in [0.15, 0.2) is 53.1 Å². The van der Waals surface area contributed by atoms with E-state index in [1.165, 1.54) is 30.5 Å². The van der Waals surface area contributed by atoms with Crippen molar-refractivity contribution in [3.05, 3.63) is 77.5 Å². The Morgan fingerprint density at radius 2 is 2.00 bits per heavy atom. The fourth-order valence-corrected chi connectivity index (χ4v) is 2.53. The zero-order valence-electron chi connectivity index (χ0n) is 15.1. The van der Waals surface area contributed by atoms with Crippen molar-refractivity contribution in [2.24, 2.45) is 0 Å². The molecule has 1 atom stereocenters. The molecule has 0 aliphatic rings. The highest BCUT2D eigenvalue weighted by atomic mass is 19.1. The van der Waals surface area contributed by atoms with E-state index >= 15 is 0 Å². The van der Waals surface area contributed by atoms with Crippen LogP contribution < -0.4 is 10.1 Å². The molecule has 3 rings (SSSR count). The number of carbonyl (C=O) groups is 1. The van der Waals surface area contributed by atoms with Crippen molar-refractivity contribution in [2.45, 2.75) is 32.9 Å². The minimum atomic E-state index is -0.340. The highest BCUT2D eigenvalue weighted by Gasteiger charge is 2.15. The maximum Gasteiger partial charge on any atom is 0.273 e. The second kappa shape index (κ2) is 8.44. The van der Waals surface area contributed by atoms with E-state index in [0.717, 1.165) is 11.4 Å². The lowest BCUT2D eigenvalue weighted by Gasteiger charge is -2.12. The first-order valence-corrected chi connectivity index (χ1v) is 8.56. The number of amides is 1. The quantitative estimate of drug-likeness (QED) is 0.690. The van der Waals surface area contributed by atoms with E-state index < -0.39 is 0 Å². The Labute approximate surface area is 156 Å². The Morgan fingerprint density at radius 3 is 2.74 bits per heavy atom. The molecule has 0 aliphatic carbocycles. The number of hydrogen-bond acceptors (Lipinski definition) is 5. The third kappa shape index (κ3) is 5.37. The number of ether oxygens (including phenoxy) is 1. The van der Waals surface area contributed by atoms with Crippen molar-refractivity contribution >= 4 is 5.91 Å². The monoisotopic (exact) mass is 369 g/mol. The third-order valence-electron chi connectivity index (χ3n) is 3.80. The van der Waals surface area contributed by atoms with Crippen LogP contribution in [-0.4, -0.2) is 21.9 Å². The van der Waals surface area contributed by atoms with E-state index in [0.29, 0.717) is 12.2 Å². The summed E-state index contributed by atoms with van der Waals surface area (Å²) in [6.45, 7) is 3.87. The summed E-state index contributed by atoms with van der Waals surface area (Å²) in [7, 11) is 0. The van der Waals surface area contributed by atoms with Gasteiger partial charge in [0.15, 0.2) is 12.3 Å². The summed E-state index contributed by atoms with van der Waals surface area (Å²) in [5, 5.41) is 2.87. The zero-order chi connectivity index (χ0) is 19.2. The molecule has 0 bridgehead atoms. The number of hydrogen-bond donors (Lipinski definition) is 1. The SMILES string of the molecule is Cc1cccc(CC(C)NC(=O)c2coc(COc3ccc(F)cc3)n2)n1. The Kier molecular flexibility index (Phi) is 5.80. The van der Waals surface area contributed by atoms with E-state index in [1.54, 1.807) is 0 Å². The first-order chi connectivity index (χ1) is 13.0. The summed E-state index contributed by atoms with van der Waals surface area (Å²) in [6.07, 6.45) is 1.90. The number of carbonyl (C=O) groups excluding carboxylic acids is 1. The Balaban J connectivity index is 1.52. The predicted octanol–water partition coefficient (Wildman–Crippen LogP) is 3.46. The van der Waals surface area contributed by atoms with E-state index in [-0.39, 0.29) is 36.0 Å².